The monoisotopic (exact) mass is 476 g/mol. The number of aromatic amines is 1. The molecule has 36 heavy (non-hydrogen) atoms. The van der Waals surface area contributed by atoms with E-state index in [2.05, 4.69) is 46.7 Å². The van der Waals surface area contributed by atoms with Crippen molar-refractivity contribution < 1.29 is 4.79 Å². The number of H-pyrrole nitrogens is 1. The van der Waals surface area contributed by atoms with Crippen molar-refractivity contribution in [1.29, 1.82) is 0 Å². The van der Waals surface area contributed by atoms with E-state index in [4.69, 9.17) is 9.98 Å². The molecule has 0 saturated carbocycles. The Morgan fingerprint density at radius 1 is 1.17 bits per heavy atom. The minimum Gasteiger partial charge on any atom is -0.345 e. The molecule has 1 saturated heterocycles. The normalized spacial score (nSPS) is 26.2. The summed E-state index contributed by atoms with van der Waals surface area (Å²) >= 11 is 0. The number of amidine groups is 1. The number of likely N-dealkylation sites (tertiary alicyclic amines) is 1. The van der Waals surface area contributed by atoms with Crippen LogP contribution in [0.15, 0.2) is 82.0 Å². The van der Waals surface area contributed by atoms with Crippen LogP contribution in [-0.2, 0) is 0 Å². The minimum atomic E-state index is -0.0853. The summed E-state index contributed by atoms with van der Waals surface area (Å²) in [5.41, 5.74) is 8.10. The summed E-state index contributed by atoms with van der Waals surface area (Å²) in [5, 5.41) is 0. The van der Waals surface area contributed by atoms with Crippen molar-refractivity contribution in [2.45, 2.75) is 46.1 Å². The second-order valence-corrected chi connectivity index (χ2v) is 11.1. The van der Waals surface area contributed by atoms with Crippen LogP contribution in [0, 0.1) is 10.8 Å². The molecule has 2 atom stereocenters. The van der Waals surface area contributed by atoms with Gasteiger partial charge in [0.25, 0.3) is 5.91 Å². The predicted molar refractivity (Wildman–Crippen MR) is 140 cm³/mol. The predicted octanol–water partition coefficient (Wildman–Crippen LogP) is 5.09. The molecule has 3 aromatic rings. The van der Waals surface area contributed by atoms with Gasteiger partial charge in [-0.3, -0.25) is 9.78 Å². The maximum atomic E-state index is 13.8. The molecule has 1 fully saturated rings. The van der Waals surface area contributed by atoms with Gasteiger partial charge in [-0.1, -0.05) is 26.3 Å². The van der Waals surface area contributed by atoms with Crippen molar-refractivity contribution in [3.05, 3.63) is 83.1 Å². The SMILES string of the molecule is CC1(C)[C@H]2CC3=C(C=C4N=C(c5cccnc5)N=C4C3)[C@]1(C)CCN2C(=O)c1ccc2nc[nH]c2c1. The number of imidazole rings is 1. The number of benzene rings is 1. The molecular formula is C29H28N6O. The van der Waals surface area contributed by atoms with E-state index in [-0.39, 0.29) is 22.8 Å². The van der Waals surface area contributed by atoms with Gasteiger partial charge in [0.15, 0.2) is 5.84 Å². The van der Waals surface area contributed by atoms with Crippen LogP contribution in [0.2, 0.25) is 0 Å². The second-order valence-electron chi connectivity index (χ2n) is 11.1. The van der Waals surface area contributed by atoms with Crippen LogP contribution in [-0.4, -0.2) is 49.9 Å². The van der Waals surface area contributed by atoms with Gasteiger partial charge in [0, 0.05) is 47.9 Å². The van der Waals surface area contributed by atoms with Gasteiger partial charge in [0.05, 0.1) is 28.8 Å². The molecule has 2 aliphatic heterocycles. The van der Waals surface area contributed by atoms with E-state index >= 15 is 0 Å². The molecule has 1 N–H and O–H groups in total. The standard InChI is InChI=1S/C29H28N6O/c1-28(2)25-13-19-12-23-24(34-26(33-23)18-5-4-9-30-15-18)14-20(19)29(28,3)8-10-35(25)27(36)17-6-7-21-22(11-17)32-16-31-21/h4-7,9,11,14-16,25H,8,10,12-13H2,1-3H3,(H,31,32)/t25-,29+/m1/s1. The number of hydrogen-bond acceptors (Lipinski definition) is 5. The number of piperidine rings is 1. The van der Waals surface area contributed by atoms with Gasteiger partial charge < -0.3 is 9.88 Å². The highest BCUT2D eigenvalue weighted by Crippen LogP contribution is 2.61. The number of aromatic nitrogens is 3. The number of nitrogens with one attached hydrogen (secondary N) is 1. The number of carbonyl (C=O) groups excluding carboxylic acids is 1. The maximum Gasteiger partial charge on any atom is 0.254 e. The number of fused-ring (bicyclic) bond motifs is 5. The number of carbonyl (C=O) groups is 1. The zero-order chi connectivity index (χ0) is 24.7. The summed E-state index contributed by atoms with van der Waals surface area (Å²) in [5.74, 6) is 0.839. The zero-order valence-corrected chi connectivity index (χ0v) is 20.7. The van der Waals surface area contributed by atoms with Crippen molar-refractivity contribution in [2.75, 3.05) is 6.54 Å². The first-order chi connectivity index (χ1) is 17.3. The molecule has 2 aliphatic carbocycles. The summed E-state index contributed by atoms with van der Waals surface area (Å²) in [7, 11) is 0. The summed E-state index contributed by atoms with van der Waals surface area (Å²) in [4.78, 5) is 37.4. The molecule has 7 nitrogen and oxygen atoms in total. The number of aliphatic imine (C=N–C) groups is 2. The Kier molecular flexibility index (Phi) is 4.36. The van der Waals surface area contributed by atoms with Crippen LogP contribution in [0.25, 0.3) is 11.0 Å². The molecule has 4 heterocycles. The van der Waals surface area contributed by atoms with Gasteiger partial charge >= 0.3 is 0 Å². The van der Waals surface area contributed by atoms with Gasteiger partial charge in [-0.05, 0) is 60.2 Å². The Bertz CT molecular complexity index is 1560. The Balaban J connectivity index is 1.24. The first kappa shape index (κ1) is 21.4. The lowest BCUT2D eigenvalue weighted by Gasteiger charge is -2.61. The lowest BCUT2D eigenvalue weighted by molar-refractivity contribution is -0.0461. The Labute approximate surface area is 209 Å². The van der Waals surface area contributed by atoms with Crippen molar-refractivity contribution in [1.82, 2.24) is 19.9 Å². The van der Waals surface area contributed by atoms with Gasteiger partial charge in [-0.25, -0.2) is 15.0 Å². The summed E-state index contributed by atoms with van der Waals surface area (Å²) in [6, 6.07) is 9.79. The average Bonchev–Trinajstić information content (AvgIpc) is 3.52. The third-order valence-corrected chi connectivity index (χ3v) is 9.17. The smallest absolute Gasteiger partial charge is 0.254 e. The van der Waals surface area contributed by atoms with Crippen LogP contribution >= 0.6 is 0 Å². The molecule has 1 amide bonds. The molecule has 7 rings (SSSR count). The van der Waals surface area contributed by atoms with Crippen LogP contribution < -0.4 is 0 Å². The number of hydrogen-bond donors (Lipinski definition) is 1. The number of nitrogens with zero attached hydrogens (tertiary/aromatic N) is 5. The van der Waals surface area contributed by atoms with Crippen LogP contribution in [0.4, 0.5) is 0 Å². The molecule has 0 spiro atoms. The lowest BCUT2D eigenvalue weighted by atomic mass is 9.50. The van der Waals surface area contributed by atoms with Gasteiger partial charge in [-0.2, -0.15) is 0 Å². The van der Waals surface area contributed by atoms with Gasteiger partial charge in [-0.15, -0.1) is 0 Å². The van der Waals surface area contributed by atoms with E-state index in [1.165, 1.54) is 11.1 Å². The average molecular weight is 477 g/mol. The molecule has 7 heteroatoms. The fourth-order valence-electron chi connectivity index (χ4n) is 6.66. The molecule has 4 aliphatic rings. The van der Waals surface area contributed by atoms with Gasteiger partial charge in [0.2, 0.25) is 0 Å². The van der Waals surface area contributed by atoms with E-state index in [1.54, 1.807) is 12.5 Å². The number of rotatable bonds is 2. The largest absolute Gasteiger partial charge is 0.345 e. The molecule has 0 radical (unpaired) electrons. The first-order valence-corrected chi connectivity index (χ1v) is 12.6. The Morgan fingerprint density at radius 2 is 2.06 bits per heavy atom. The molecule has 2 bridgehead atoms. The quantitative estimate of drug-likeness (QED) is 0.559. The van der Waals surface area contributed by atoms with Crippen LogP contribution in [0.3, 0.4) is 0 Å². The molecular weight excluding hydrogens is 448 g/mol. The highest BCUT2D eigenvalue weighted by atomic mass is 16.2. The number of allylic oxidation sites excluding steroid dienone is 3. The Hall–Kier alpha value is -3.87. The number of amides is 1. The number of pyridine rings is 1. The highest BCUT2D eigenvalue weighted by Gasteiger charge is 2.58. The maximum absolute atomic E-state index is 13.8. The third-order valence-electron chi connectivity index (χ3n) is 9.17. The molecule has 0 unspecified atom stereocenters. The fraction of sp³-hybridized carbons (Fsp3) is 0.345. The molecule has 1 aromatic carbocycles. The van der Waals surface area contributed by atoms with E-state index in [1.807, 2.05) is 36.5 Å². The van der Waals surface area contributed by atoms with Crippen molar-refractivity contribution in [3.8, 4) is 0 Å². The highest BCUT2D eigenvalue weighted by molar-refractivity contribution is 6.19. The van der Waals surface area contributed by atoms with E-state index in [9.17, 15) is 4.79 Å². The van der Waals surface area contributed by atoms with Crippen molar-refractivity contribution in [3.63, 3.8) is 0 Å². The van der Waals surface area contributed by atoms with Crippen molar-refractivity contribution >= 4 is 28.5 Å². The summed E-state index contributed by atoms with van der Waals surface area (Å²) in [6.45, 7) is 7.79. The fourth-order valence-corrected chi connectivity index (χ4v) is 6.66. The van der Waals surface area contributed by atoms with Gasteiger partial charge in [0.1, 0.15) is 0 Å². The topological polar surface area (TPSA) is 86.6 Å². The third kappa shape index (κ3) is 2.89. The van der Waals surface area contributed by atoms with E-state index < -0.39 is 0 Å². The van der Waals surface area contributed by atoms with E-state index in [0.717, 1.165) is 59.6 Å². The van der Waals surface area contributed by atoms with Crippen LogP contribution in [0.5, 0.6) is 0 Å². The minimum absolute atomic E-state index is 0.0412. The molecule has 2 aromatic heterocycles. The molecule has 180 valence electrons. The zero-order valence-electron chi connectivity index (χ0n) is 20.7. The first-order valence-electron chi connectivity index (χ1n) is 12.6. The summed E-state index contributed by atoms with van der Waals surface area (Å²) in [6.07, 6.45) is 10.1. The van der Waals surface area contributed by atoms with Crippen LogP contribution in [0.1, 0.15) is 56.0 Å². The summed E-state index contributed by atoms with van der Waals surface area (Å²) < 4.78 is 0. The van der Waals surface area contributed by atoms with Crippen molar-refractivity contribution in [2.24, 2.45) is 20.8 Å². The second kappa shape index (κ2) is 7.32. The Morgan fingerprint density at radius 3 is 2.89 bits per heavy atom. The lowest BCUT2D eigenvalue weighted by Crippen LogP contribution is -2.62. The van der Waals surface area contributed by atoms with E-state index in [0.29, 0.717) is 5.56 Å².